The second kappa shape index (κ2) is 8.19. The number of halogens is 2. The van der Waals surface area contributed by atoms with Gasteiger partial charge in [-0.3, -0.25) is 9.78 Å². The number of carbonyl (C=O) groups is 1. The highest BCUT2D eigenvalue weighted by atomic mass is 35.5. The number of benzene rings is 1. The molecule has 5 rings (SSSR count). The average Bonchev–Trinajstić information content (AvgIpc) is 3.33. The van der Waals surface area contributed by atoms with Gasteiger partial charge in [-0.1, -0.05) is 18.5 Å². The molecule has 4 nitrogen and oxygen atoms in total. The van der Waals surface area contributed by atoms with Gasteiger partial charge in [-0.25, -0.2) is 9.37 Å². The van der Waals surface area contributed by atoms with Gasteiger partial charge in [0.1, 0.15) is 11.6 Å². The zero-order valence-electron chi connectivity index (χ0n) is 17.4. The number of nitrogens with zero attached hydrogens (tertiary/aromatic N) is 2. The Labute approximate surface area is 186 Å². The van der Waals surface area contributed by atoms with E-state index < -0.39 is 0 Å². The first-order valence-electron chi connectivity index (χ1n) is 10.9. The van der Waals surface area contributed by atoms with Crippen molar-refractivity contribution < 1.29 is 9.18 Å². The molecule has 0 spiro atoms. The lowest BCUT2D eigenvalue weighted by Crippen LogP contribution is -2.26. The Morgan fingerprint density at radius 3 is 2.58 bits per heavy atom. The van der Waals surface area contributed by atoms with Crippen LogP contribution in [0.5, 0.6) is 0 Å². The standard InChI is InChI=1S/C25H25ClFN3O/c1-14(25(31)30-24-5-2-19(26)13-29-24)15-8-16-10-18(11-17(16)9-15)21-6-7-28-23-4-3-20(27)12-22(21)23/h2-7,12-18H,8-11H2,1H3,(H,29,30,31)/t14-,15-,16-,17+,18+/m0/s1. The molecule has 6 heteroatoms. The molecule has 0 radical (unpaired) electrons. The van der Waals surface area contributed by atoms with Crippen LogP contribution in [0.25, 0.3) is 10.9 Å². The summed E-state index contributed by atoms with van der Waals surface area (Å²) in [5, 5.41) is 4.41. The maximum Gasteiger partial charge on any atom is 0.228 e. The topological polar surface area (TPSA) is 54.9 Å². The number of hydrogen-bond donors (Lipinski definition) is 1. The molecule has 2 fully saturated rings. The minimum atomic E-state index is -0.213. The first kappa shape index (κ1) is 20.4. The Bertz CT molecular complexity index is 1110. The second-order valence-electron chi connectivity index (χ2n) is 9.12. The molecular weight excluding hydrogens is 413 g/mol. The Morgan fingerprint density at radius 2 is 1.87 bits per heavy atom. The molecule has 3 aromatic rings. The fourth-order valence-electron chi connectivity index (χ4n) is 5.73. The predicted molar refractivity (Wildman–Crippen MR) is 120 cm³/mol. The zero-order valence-corrected chi connectivity index (χ0v) is 18.1. The van der Waals surface area contributed by atoms with E-state index in [4.69, 9.17) is 11.6 Å². The highest BCUT2D eigenvalue weighted by Crippen LogP contribution is 2.54. The molecule has 0 aliphatic heterocycles. The lowest BCUT2D eigenvalue weighted by Gasteiger charge is -2.21. The van der Waals surface area contributed by atoms with E-state index >= 15 is 0 Å². The molecule has 5 atom stereocenters. The summed E-state index contributed by atoms with van der Waals surface area (Å²) in [5.74, 6) is 2.35. The highest BCUT2D eigenvalue weighted by Gasteiger charge is 2.44. The van der Waals surface area contributed by atoms with Crippen molar-refractivity contribution in [2.45, 2.75) is 38.5 Å². The molecule has 0 unspecified atom stereocenters. The minimum absolute atomic E-state index is 0.0203. The first-order chi connectivity index (χ1) is 15.0. The molecule has 2 aliphatic rings. The second-order valence-corrected chi connectivity index (χ2v) is 9.56. The van der Waals surface area contributed by atoms with E-state index in [-0.39, 0.29) is 17.6 Å². The van der Waals surface area contributed by atoms with Crippen LogP contribution in [0.1, 0.15) is 44.1 Å². The van der Waals surface area contributed by atoms with Gasteiger partial charge >= 0.3 is 0 Å². The molecule has 2 heterocycles. The van der Waals surface area contributed by atoms with Crippen molar-refractivity contribution in [1.29, 1.82) is 0 Å². The minimum Gasteiger partial charge on any atom is -0.310 e. The molecule has 1 aromatic carbocycles. The summed E-state index contributed by atoms with van der Waals surface area (Å²) in [6, 6.07) is 10.4. The molecule has 1 amide bonds. The number of amides is 1. The number of pyridine rings is 2. The molecular formula is C25H25ClFN3O. The van der Waals surface area contributed by atoms with Gasteiger partial charge in [0.15, 0.2) is 0 Å². The fraction of sp³-hybridized carbons (Fsp3) is 0.400. The molecule has 0 bridgehead atoms. The summed E-state index contributed by atoms with van der Waals surface area (Å²) in [4.78, 5) is 21.3. The number of rotatable bonds is 4. The molecule has 2 saturated carbocycles. The van der Waals surface area contributed by atoms with Crippen molar-refractivity contribution >= 4 is 34.2 Å². The Hall–Kier alpha value is -2.53. The highest BCUT2D eigenvalue weighted by molar-refractivity contribution is 6.30. The van der Waals surface area contributed by atoms with Gasteiger partial charge in [0.2, 0.25) is 5.91 Å². The van der Waals surface area contributed by atoms with E-state index in [1.807, 2.05) is 13.1 Å². The summed E-state index contributed by atoms with van der Waals surface area (Å²) >= 11 is 5.87. The molecule has 2 aromatic heterocycles. The number of anilines is 1. The van der Waals surface area contributed by atoms with Crippen LogP contribution < -0.4 is 5.32 Å². The van der Waals surface area contributed by atoms with Gasteiger partial charge in [0, 0.05) is 23.7 Å². The quantitative estimate of drug-likeness (QED) is 0.527. The maximum atomic E-state index is 13.8. The zero-order chi connectivity index (χ0) is 21.5. The van der Waals surface area contributed by atoms with Gasteiger partial charge in [-0.05, 0) is 91.3 Å². The monoisotopic (exact) mass is 437 g/mol. The van der Waals surface area contributed by atoms with Crippen molar-refractivity contribution in [2.75, 3.05) is 5.32 Å². The van der Waals surface area contributed by atoms with Gasteiger partial charge < -0.3 is 5.32 Å². The SMILES string of the molecule is C[C@H](C(=O)Nc1ccc(Cl)cn1)[C@H]1C[C@H]2C[C@@H](c3ccnc4ccc(F)cc34)C[C@H]2C1. The number of hydrogen-bond acceptors (Lipinski definition) is 3. The van der Waals surface area contributed by atoms with Gasteiger partial charge in [-0.2, -0.15) is 0 Å². The van der Waals surface area contributed by atoms with Crippen LogP contribution in [0.3, 0.4) is 0 Å². The van der Waals surface area contributed by atoms with Crippen LogP contribution in [0.15, 0.2) is 48.8 Å². The summed E-state index contributed by atoms with van der Waals surface area (Å²) < 4.78 is 13.8. The molecule has 31 heavy (non-hydrogen) atoms. The van der Waals surface area contributed by atoms with E-state index in [2.05, 4.69) is 21.4 Å². The third kappa shape index (κ3) is 4.03. The van der Waals surface area contributed by atoms with Crippen LogP contribution >= 0.6 is 11.6 Å². The largest absolute Gasteiger partial charge is 0.310 e. The van der Waals surface area contributed by atoms with E-state index in [0.29, 0.717) is 34.5 Å². The van der Waals surface area contributed by atoms with Crippen molar-refractivity contribution in [3.05, 3.63) is 65.2 Å². The van der Waals surface area contributed by atoms with Crippen LogP contribution in [0.4, 0.5) is 10.2 Å². The molecule has 1 N–H and O–H groups in total. The van der Waals surface area contributed by atoms with E-state index in [9.17, 15) is 9.18 Å². The summed E-state index contributed by atoms with van der Waals surface area (Å²) in [6.07, 6.45) is 7.72. The molecule has 0 saturated heterocycles. The normalized spacial score (nSPS) is 26.0. The summed E-state index contributed by atoms with van der Waals surface area (Å²) in [7, 11) is 0. The van der Waals surface area contributed by atoms with Crippen LogP contribution in [-0.2, 0) is 4.79 Å². The summed E-state index contributed by atoms with van der Waals surface area (Å²) in [5.41, 5.74) is 2.07. The Balaban J connectivity index is 1.24. The van der Waals surface area contributed by atoms with Crippen molar-refractivity contribution in [1.82, 2.24) is 9.97 Å². The van der Waals surface area contributed by atoms with E-state index in [1.165, 1.54) is 17.8 Å². The van der Waals surface area contributed by atoms with Crippen LogP contribution in [0, 0.1) is 29.5 Å². The van der Waals surface area contributed by atoms with Gasteiger partial charge in [0.05, 0.1) is 10.5 Å². The third-order valence-electron chi connectivity index (χ3n) is 7.33. The van der Waals surface area contributed by atoms with Crippen molar-refractivity contribution in [3.8, 4) is 0 Å². The fourth-order valence-corrected chi connectivity index (χ4v) is 5.84. The van der Waals surface area contributed by atoms with Crippen LogP contribution in [0.2, 0.25) is 5.02 Å². The molecule has 2 aliphatic carbocycles. The average molecular weight is 438 g/mol. The van der Waals surface area contributed by atoms with Gasteiger partial charge in [0.25, 0.3) is 0 Å². The predicted octanol–water partition coefficient (Wildman–Crippen LogP) is 6.22. The lowest BCUT2D eigenvalue weighted by molar-refractivity contribution is -0.120. The summed E-state index contributed by atoms with van der Waals surface area (Å²) in [6.45, 7) is 2.02. The first-order valence-corrected chi connectivity index (χ1v) is 11.3. The number of carbonyl (C=O) groups excluding carboxylic acids is 1. The van der Waals surface area contributed by atoms with E-state index in [0.717, 1.165) is 36.6 Å². The van der Waals surface area contributed by atoms with E-state index in [1.54, 1.807) is 24.3 Å². The smallest absolute Gasteiger partial charge is 0.228 e. The third-order valence-corrected chi connectivity index (χ3v) is 7.55. The van der Waals surface area contributed by atoms with Crippen molar-refractivity contribution in [2.24, 2.45) is 23.7 Å². The Morgan fingerprint density at radius 1 is 1.10 bits per heavy atom. The van der Waals surface area contributed by atoms with Gasteiger partial charge in [-0.15, -0.1) is 0 Å². The lowest BCUT2D eigenvalue weighted by atomic mass is 9.86. The number of fused-ring (bicyclic) bond motifs is 2. The Kier molecular flexibility index (Phi) is 5.39. The number of aromatic nitrogens is 2. The maximum absolute atomic E-state index is 13.8. The van der Waals surface area contributed by atoms with Crippen molar-refractivity contribution in [3.63, 3.8) is 0 Å². The van der Waals surface area contributed by atoms with Crippen LogP contribution in [-0.4, -0.2) is 15.9 Å². The number of nitrogens with one attached hydrogen (secondary N) is 1. The molecule has 160 valence electrons.